The van der Waals surface area contributed by atoms with Gasteiger partial charge < -0.3 is 9.47 Å². The SMILES string of the molecule is CC(C)Oc1ccc(Oc2cc(Cl)ncn2)cc1. The minimum Gasteiger partial charge on any atom is -0.491 e. The Hall–Kier alpha value is -1.81. The molecule has 0 atom stereocenters. The van der Waals surface area contributed by atoms with Crippen molar-refractivity contribution in [3.05, 3.63) is 41.8 Å². The normalized spacial score (nSPS) is 10.4. The van der Waals surface area contributed by atoms with Gasteiger partial charge in [-0.3, -0.25) is 0 Å². The van der Waals surface area contributed by atoms with Crippen LogP contribution >= 0.6 is 11.6 Å². The lowest BCUT2D eigenvalue weighted by Crippen LogP contribution is -2.05. The predicted molar refractivity (Wildman–Crippen MR) is 69.3 cm³/mol. The van der Waals surface area contributed by atoms with Crippen molar-refractivity contribution < 1.29 is 9.47 Å². The van der Waals surface area contributed by atoms with E-state index in [-0.39, 0.29) is 6.10 Å². The van der Waals surface area contributed by atoms with Crippen LogP contribution < -0.4 is 9.47 Å². The molecule has 1 aromatic heterocycles. The molecule has 94 valence electrons. The standard InChI is InChI=1S/C13H13ClN2O2/c1-9(2)17-10-3-5-11(6-4-10)18-13-7-12(14)15-8-16-13/h3-9H,1-2H3. The van der Waals surface area contributed by atoms with Crippen molar-refractivity contribution in [2.24, 2.45) is 0 Å². The van der Waals surface area contributed by atoms with E-state index in [2.05, 4.69) is 9.97 Å². The molecular weight excluding hydrogens is 252 g/mol. The Balaban J connectivity index is 2.06. The Morgan fingerprint density at radius 3 is 2.33 bits per heavy atom. The van der Waals surface area contributed by atoms with Gasteiger partial charge in [0, 0.05) is 6.07 Å². The molecule has 0 radical (unpaired) electrons. The first-order valence-corrected chi connectivity index (χ1v) is 5.93. The molecule has 0 aliphatic rings. The van der Waals surface area contributed by atoms with Crippen LogP contribution in [0.25, 0.3) is 0 Å². The third kappa shape index (κ3) is 3.60. The van der Waals surface area contributed by atoms with Crippen molar-refractivity contribution in [2.45, 2.75) is 20.0 Å². The van der Waals surface area contributed by atoms with Crippen molar-refractivity contribution in [3.8, 4) is 17.4 Å². The van der Waals surface area contributed by atoms with Crippen molar-refractivity contribution in [2.75, 3.05) is 0 Å². The van der Waals surface area contributed by atoms with Gasteiger partial charge in [0.05, 0.1) is 6.10 Å². The first kappa shape index (κ1) is 12.6. The summed E-state index contributed by atoms with van der Waals surface area (Å²) in [5, 5.41) is 0.347. The average molecular weight is 265 g/mol. The molecule has 0 N–H and O–H groups in total. The molecule has 0 aliphatic carbocycles. The van der Waals surface area contributed by atoms with Gasteiger partial charge in [0.1, 0.15) is 23.0 Å². The molecule has 0 spiro atoms. The Morgan fingerprint density at radius 2 is 1.72 bits per heavy atom. The first-order valence-electron chi connectivity index (χ1n) is 5.55. The summed E-state index contributed by atoms with van der Waals surface area (Å²) in [6, 6.07) is 8.87. The highest BCUT2D eigenvalue weighted by Gasteiger charge is 2.02. The van der Waals surface area contributed by atoms with E-state index in [1.165, 1.54) is 6.33 Å². The summed E-state index contributed by atoms with van der Waals surface area (Å²) in [6.45, 7) is 3.96. The van der Waals surface area contributed by atoms with Crippen molar-refractivity contribution in [3.63, 3.8) is 0 Å². The number of aromatic nitrogens is 2. The Morgan fingerprint density at radius 1 is 1.06 bits per heavy atom. The van der Waals surface area contributed by atoms with E-state index in [4.69, 9.17) is 21.1 Å². The Labute approximate surface area is 111 Å². The van der Waals surface area contributed by atoms with Crippen molar-refractivity contribution in [1.29, 1.82) is 0 Å². The van der Waals surface area contributed by atoms with E-state index in [9.17, 15) is 0 Å². The third-order valence-electron chi connectivity index (χ3n) is 2.03. The fraction of sp³-hybridized carbons (Fsp3) is 0.231. The van der Waals surface area contributed by atoms with Crippen LogP contribution in [0.5, 0.6) is 17.4 Å². The van der Waals surface area contributed by atoms with E-state index >= 15 is 0 Å². The summed E-state index contributed by atoms with van der Waals surface area (Å²) in [7, 11) is 0. The van der Waals surface area contributed by atoms with Crippen LogP contribution in [0.1, 0.15) is 13.8 Å². The van der Waals surface area contributed by atoms with Gasteiger partial charge in [-0.25, -0.2) is 9.97 Å². The van der Waals surface area contributed by atoms with Crippen molar-refractivity contribution in [1.82, 2.24) is 9.97 Å². The number of halogens is 1. The molecular formula is C13H13ClN2O2. The smallest absolute Gasteiger partial charge is 0.223 e. The summed E-state index contributed by atoms with van der Waals surface area (Å²) in [6.07, 6.45) is 1.51. The Bertz CT molecular complexity index is 515. The van der Waals surface area contributed by atoms with Crippen LogP contribution in [0.15, 0.2) is 36.7 Å². The minimum atomic E-state index is 0.150. The lowest BCUT2D eigenvalue weighted by Gasteiger charge is -2.10. The van der Waals surface area contributed by atoms with Crippen LogP contribution in [0, 0.1) is 0 Å². The molecule has 2 aromatic rings. The Kier molecular flexibility index (Phi) is 3.99. The van der Waals surface area contributed by atoms with Gasteiger partial charge in [-0.15, -0.1) is 0 Å². The lowest BCUT2D eigenvalue weighted by molar-refractivity contribution is 0.242. The van der Waals surface area contributed by atoms with Gasteiger partial charge >= 0.3 is 0 Å². The van der Waals surface area contributed by atoms with Gasteiger partial charge in [-0.05, 0) is 38.1 Å². The summed E-state index contributed by atoms with van der Waals surface area (Å²) >= 11 is 5.74. The topological polar surface area (TPSA) is 44.2 Å². The second-order valence-electron chi connectivity index (χ2n) is 3.92. The van der Waals surface area contributed by atoms with Crippen LogP contribution in [-0.4, -0.2) is 16.1 Å². The molecule has 0 aliphatic heterocycles. The molecule has 0 saturated heterocycles. The van der Waals surface area contributed by atoms with E-state index in [0.29, 0.717) is 16.8 Å². The maximum Gasteiger partial charge on any atom is 0.223 e. The van der Waals surface area contributed by atoms with E-state index in [0.717, 1.165) is 5.75 Å². The summed E-state index contributed by atoms with van der Waals surface area (Å²) in [4.78, 5) is 7.74. The maximum absolute atomic E-state index is 5.74. The van der Waals surface area contributed by atoms with Crippen LogP contribution in [0.4, 0.5) is 0 Å². The van der Waals surface area contributed by atoms with Gasteiger partial charge in [0.25, 0.3) is 0 Å². The van der Waals surface area contributed by atoms with Crippen molar-refractivity contribution >= 4 is 11.6 Å². The molecule has 1 heterocycles. The largest absolute Gasteiger partial charge is 0.491 e. The predicted octanol–water partition coefficient (Wildman–Crippen LogP) is 3.71. The van der Waals surface area contributed by atoms with E-state index in [1.54, 1.807) is 6.07 Å². The zero-order chi connectivity index (χ0) is 13.0. The lowest BCUT2D eigenvalue weighted by atomic mass is 10.3. The van der Waals surface area contributed by atoms with Gasteiger partial charge in [-0.1, -0.05) is 11.6 Å². The second kappa shape index (κ2) is 5.69. The molecule has 5 heteroatoms. The number of rotatable bonds is 4. The van der Waals surface area contributed by atoms with Gasteiger partial charge in [0.2, 0.25) is 5.88 Å². The molecule has 0 saturated carbocycles. The van der Waals surface area contributed by atoms with Crippen LogP contribution in [-0.2, 0) is 0 Å². The molecule has 2 rings (SSSR count). The summed E-state index contributed by atoms with van der Waals surface area (Å²) in [5.41, 5.74) is 0. The fourth-order valence-electron chi connectivity index (χ4n) is 1.35. The molecule has 1 aromatic carbocycles. The van der Waals surface area contributed by atoms with Gasteiger partial charge in [0.15, 0.2) is 0 Å². The number of ether oxygens (including phenoxy) is 2. The van der Waals surface area contributed by atoms with Crippen LogP contribution in [0.2, 0.25) is 5.15 Å². The maximum atomic E-state index is 5.74. The quantitative estimate of drug-likeness (QED) is 0.790. The minimum absolute atomic E-state index is 0.150. The number of benzene rings is 1. The first-order chi connectivity index (χ1) is 8.63. The third-order valence-corrected chi connectivity index (χ3v) is 2.23. The van der Waals surface area contributed by atoms with Gasteiger partial charge in [-0.2, -0.15) is 0 Å². The molecule has 0 fully saturated rings. The number of nitrogens with zero attached hydrogens (tertiary/aromatic N) is 2. The molecule has 18 heavy (non-hydrogen) atoms. The molecule has 4 nitrogen and oxygen atoms in total. The summed E-state index contributed by atoms with van der Waals surface area (Å²) in [5.74, 6) is 1.88. The molecule has 0 amide bonds. The monoisotopic (exact) mass is 264 g/mol. The summed E-state index contributed by atoms with van der Waals surface area (Å²) < 4.78 is 11.1. The highest BCUT2D eigenvalue weighted by Crippen LogP contribution is 2.23. The highest BCUT2D eigenvalue weighted by atomic mass is 35.5. The molecule has 0 unspecified atom stereocenters. The van der Waals surface area contributed by atoms with Crippen LogP contribution in [0.3, 0.4) is 0 Å². The van der Waals surface area contributed by atoms with E-state index in [1.807, 2.05) is 38.1 Å². The zero-order valence-electron chi connectivity index (χ0n) is 10.1. The number of hydrogen-bond acceptors (Lipinski definition) is 4. The second-order valence-corrected chi connectivity index (χ2v) is 4.31. The van der Waals surface area contributed by atoms with E-state index < -0.39 is 0 Å². The highest BCUT2D eigenvalue weighted by molar-refractivity contribution is 6.29. The number of hydrogen-bond donors (Lipinski definition) is 0. The fourth-order valence-corrected chi connectivity index (χ4v) is 1.49. The zero-order valence-corrected chi connectivity index (χ0v) is 10.9. The average Bonchev–Trinajstić information content (AvgIpc) is 2.31. The molecule has 0 bridgehead atoms.